The van der Waals surface area contributed by atoms with Crippen molar-refractivity contribution in [3.8, 4) is 0 Å². The Hall–Kier alpha value is -2.36. The maximum atomic E-state index is 11.3. The minimum absolute atomic E-state index is 0.267. The quantitative estimate of drug-likeness (QED) is 0.397. The lowest BCUT2D eigenvalue weighted by molar-refractivity contribution is -0.144. The summed E-state index contributed by atoms with van der Waals surface area (Å²) in [5, 5.41) is 0. The van der Waals surface area contributed by atoms with Crippen molar-refractivity contribution in [2.24, 2.45) is 0 Å². The van der Waals surface area contributed by atoms with Crippen LogP contribution in [0.2, 0.25) is 0 Å². The van der Waals surface area contributed by atoms with Crippen molar-refractivity contribution in [3.63, 3.8) is 0 Å². The molecular formula is C19H24O4. The van der Waals surface area contributed by atoms with E-state index in [0.29, 0.717) is 13.0 Å². The molecular weight excluding hydrogens is 292 g/mol. The Bertz CT molecular complexity index is 546. The first kappa shape index (κ1) is 18.7. The zero-order valence-corrected chi connectivity index (χ0v) is 13.8. The van der Waals surface area contributed by atoms with Gasteiger partial charge in [-0.25, -0.2) is 0 Å². The van der Waals surface area contributed by atoms with Crippen LogP contribution in [0.5, 0.6) is 0 Å². The van der Waals surface area contributed by atoms with Crippen molar-refractivity contribution < 1.29 is 19.1 Å². The average Bonchev–Trinajstić information content (AvgIpc) is 2.50. The topological polar surface area (TPSA) is 52.6 Å². The maximum Gasteiger partial charge on any atom is 0.303 e. The van der Waals surface area contributed by atoms with Crippen molar-refractivity contribution in [3.05, 3.63) is 60.2 Å². The SMILES string of the molecule is C=C(/C=C/CCCOC(C)=O)C(Cc1ccccc1)OC(C)=O. The van der Waals surface area contributed by atoms with Gasteiger partial charge in [0.05, 0.1) is 6.61 Å². The molecule has 1 unspecified atom stereocenters. The number of rotatable bonds is 9. The van der Waals surface area contributed by atoms with Crippen LogP contribution >= 0.6 is 0 Å². The predicted molar refractivity (Wildman–Crippen MR) is 89.8 cm³/mol. The van der Waals surface area contributed by atoms with Gasteiger partial charge in [0.15, 0.2) is 0 Å². The molecule has 0 amide bonds. The van der Waals surface area contributed by atoms with Crippen LogP contribution in [0.25, 0.3) is 0 Å². The summed E-state index contributed by atoms with van der Waals surface area (Å²) in [5.41, 5.74) is 1.83. The third-order valence-corrected chi connectivity index (χ3v) is 3.14. The van der Waals surface area contributed by atoms with Gasteiger partial charge in [-0.15, -0.1) is 0 Å². The molecule has 1 atom stereocenters. The van der Waals surface area contributed by atoms with Gasteiger partial charge in [-0.05, 0) is 24.0 Å². The van der Waals surface area contributed by atoms with Gasteiger partial charge in [0, 0.05) is 20.3 Å². The first-order valence-corrected chi connectivity index (χ1v) is 7.69. The monoisotopic (exact) mass is 316 g/mol. The third-order valence-electron chi connectivity index (χ3n) is 3.14. The number of hydrogen-bond acceptors (Lipinski definition) is 4. The van der Waals surface area contributed by atoms with E-state index in [1.165, 1.54) is 13.8 Å². The molecule has 1 aromatic carbocycles. The molecule has 0 saturated heterocycles. The van der Waals surface area contributed by atoms with Crippen molar-refractivity contribution in [2.75, 3.05) is 6.61 Å². The smallest absolute Gasteiger partial charge is 0.303 e. The molecule has 0 aromatic heterocycles. The zero-order valence-electron chi connectivity index (χ0n) is 13.8. The summed E-state index contributed by atoms with van der Waals surface area (Å²) in [6.07, 6.45) is 5.55. The molecule has 0 aliphatic heterocycles. The average molecular weight is 316 g/mol. The highest BCUT2D eigenvalue weighted by molar-refractivity contribution is 5.66. The van der Waals surface area contributed by atoms with Crippen LogP contribution in [-0.2, 0) is 25.5 Å². The molecule has 0 heterocycles. The van der Waals surface area contributed by atoms with Crippen LogP contribution in [0.4, 0.5) is 0 Å². The molecule has 1 aromatic rings. The van der Waals surface area contributed by atoms with E-state index < -0.39 is 0 Å². The Labute approximate surface area is 137 Å². The van der Waals surface area contributed by atoms with E-state index in [-0.39, 0.29) is 18.0 Å². The fraction of sp³-hybridized carbons (Fsp3) is 0.368. The summed E-state index contributed by atoms with van der Waals surface area (Å²) in [7, 11) is 0. The molecule has 4 heteroatoms. The lowest BCUT2D eigenvalue weighted by atomic mass is 10.0. The Morgan fingerprint density at radius 2 is 1.87 bits per heavy atom. The summed E-state index contributed by atoms with van der Waals surface area (Å²) >= 11 is 0. The van der Waals surface area contributed by atoms with Crippen molar-refractivity contribution >= 4 is 11.9 Å². The van der Waals surface area contributed by atoms with Crippen LogP contribution in [0.3, 0.4) is 0 Å². The Morgan fingerprint density at radius 3 is 2.48 bits per heavy atom. The number of ether oxygens (including phenoxy) is 2. The predicted octanol–water partition coefficient (Wildman–Crippen LogP) is 3.62. The van der Waals surface area contributed by atoms with E-state index in [1.54, 1.807) is 0 Å². The summed E-state index contributed by atoms with van der Waals surface area (Å²) in [6, 6.07) is 9.84. The molecule has 0 saturated carbocycles. The third kappa shape index (κ3) is 8.61. The summed E-state index contributed by atoms with van der Waals surface area (Å²) < 4.78 is 10.2. The number of hydrogen-bond donors (Lipinski definition) is 0. The molecule has 124 valence electrons. The highest BCUT2D eigenvalue weighted by Gasteiger charge is 2.14. The highest BCUT2D eigenvalue weighted by atomic mass is 16.5. The number of esters is 2. The lowest BCUT2D eigenvalue weighted by Gasteiger charge is -2.17. The Balaban J connectivity index is 2.51. The fourth-order valence-corrected chi connectivity index (χ4v) is 2.04. The van der Waals surface area contributed by atoms with E-state index >= 15 is 0 Å². The lowest BCUT2D eigenvalue weighted by Crippen LogP contribution is -2.20. The van der Waals surface area contributed by atoms with E-state index in [2.05, 4.69) is 6.58 Å². The van der Waals surface area contributed by atoms with E-state index in [0.717, 1.165) is 24.0 Å². The normalized spacial score (nSPS) is 11.9. The number of allylic oxidation sites excluding steroid dienone is 1. The van der Waals surface area contributed by atoms with Crippen LogP contribution in [0, 0.1) is 0 Å². The minimum atomic E-state index is -0.375. The number of benzene rings is 1. The largest absolute Gasteiger partial charge is 0.466 e. The van der Waals surface area contributed by atoms with Crippen LogP contribution in [0.1, 0.15) is 32.3 Å². The first-order chi connectivity index (χ1) is 11.0. The van der Waals surface area contributed by atoms with Gasteiger partial charge in [-0.3, -0.25) is 9.59 Å². The molecule has 4 nitrogen and oxygen atoms in total. The maximum absolute atomic E-state index is 11.3. The molecule has 1 rings (SSSR count). The van der Waals surface area contributed by atoms with Crippen LogP contribution in [-0.4, -0.2) is 24.6 Å². The summed E-state index contributed by atoms with van der Waals surface area (Å²) in [6.45, 7) is 7.20. The molecule has 0 radical (unpaired) electrons. The highest BCUT2D eigenvalue weighted by Crippen LogP contribution is 2.14. The van der Waals surface area contributed by atoms with Gasteiger partial charge < -0.3 is 9.47 Å². The zero-order chi connectivity index (χ0) is 17.1. The minimum Gasteiger partial charge on any atom is -0.466 e. The number of carbonyl (C=O) groups is 2. The van der Waals surface area contributed by atoms with Crippen molar-refractivity contribution in [1.82, 2.24) is 0 Å². The Morgan fingerprint density at radius 1 is 1.17 bits per heavy atom. The van der Waals surface area contributed by atoms with Gasteiger partial charge in [-0.2, -0.15) is 0 Å². The second-order valence-electron chi connectivity index (χ2n) is 5.25. The fourth-order valence-electron chi connectivity index (χ4n) is 2.04. The van der Waals surface area contributed by atoms with E-state index in [9.17, 15) is 9.59 Å². The first-order valence-electron chi connectivity index (χ1n) is 7.69. The van der Waals surface area contributed by atoms with Crippen molar-refractivity contribution in [1.29, 1.82) is 0 Å². The summed E-state index contributed by atoms with van der Waals surface area (Å²) in [5.74, 6) is -0.591. The molecule has 23 heavy (non-hydrogen) atoms. The molecule has 0 fully saturated rings. The summed E-state index contributed by atoms with van der Waals surface area (Å²) in [4.78, 5) is 21.9. The second-order valence-corrected chi connectivity index (χ2v) is 5.25. The molecule has 0 aliphatic carbocycles. The van der Waals surface area contributed by atoms with Gasteiger partial charge in [0.1, 0.15) is 6.10 Å². The van der Waals surface area contributed by atoms with Gasteiger partial charge in [0.2, 0.25) is 0 Å². The van der Waals surface area contributed by atoms with Crippen molar-refractivity contribution in [2.45, 2.75) is 39.2 Å². The van der Waals surface area contributed by atoms with Crippen LogP contribution < -0.4 is 0 Å². The van der Waals surface area contributed by atoms with Gasteiger partial charge in [-0.1, -0.05) is 49.1 Å². The van der Waals surface area contributed by atoms with E-state index in [4.69, 9.17) is 9.47 Å². The van der Waals surface area contributed by atoms with Crippen LogP contribution in [0.15, 0.2) is 54.6 Å². The second kappa shape index (κ2) is 10.4. The standard InChI is InChI=1S/C19H24O4/c1-15(10-6-5-9-13-22-16(2)20)19(23-17(3)21)14-18-11-7-4-8-12-18/h4,6-8,10-12,19H,1,5,9,13-14H2,2-3H3/b10-6+. The molecule has 0 aliphatic rings. The number of carbonyl (C=O) groups excluding carboxylic acids is 2. The van der Waals surface area contributed by atoms with E-state index in [1.807, 2.05) is 42.5 Å². The van der Waals surface area contributed by atoms with Gasteiger partial charge in [0.25, 0.3) is 0 Å². The molecule has 0 N–H and O–H groups in total. The molecule has 0 spiro atoms. The Kier molecular flexibility index (Phi) is 8.43. The number of unbranched alkanes of at least 4 members (excludes halogenated alkanes) is 1. The molecule has 0 bridgehead atoms. The van der Waals surface area contributed by atoms with Gasteiger partial charge >= 0.3 is 11.9 Å².